The zero-order valence-electron chi connectivity index (χ0n) is 17.8. The van der Waals surface area contributed by atoms with Gasteiger partial charge in [-0.05, 0) is 55.2 Å². The van der Waals surface area contributed by atoms with Crippen molar-refractivity contribution in [1.29, 1.82) is 0 Å². The van der Waals surface area contributed by atoms with Crippen LogP contribution in [0.1, 0.15) is 56.0 Å². The first-order valence-corrected chi connectivity index (χ1v) is 11.6. The van der Waals surface area contributed by atoms with Crippen molar-refractivity contribution in [2.24, 2.45) is 5.92 Å². The van der Waals surface area contributed by atoms with Gasteiger partial charge in [0.05, 0.1) is 5.75 Å². The summed E-state index contributed by atoms with van der Waals surface area (Å²) in [6.07, 6.45) is 3.86. The van der Waals surface area contributed by atoms with Crippen LogP contribution >= 0.6 is 11.8 Å². The average molecular weight is 429 g/mol. The third-order valence-corrected chi connectivity index (χ3v) is 6.75. The Morgan fingerprint density at radius 2 is 1.97 bits per heavy atom. The van der Waals surface area contributed by atoms with Crippen molar-refractivity contribution in [3.05, 3.63) is 59.4 Å². The van der Waals surface area contributed by atoms with Gasteiger partial charge in [0.25, 0.3) is 0 Å². The minimum absolute atomic E-state index is 0.0274. The molecular formula is C24H29FN2O2S. The van der Waals surface area contributed by atoms with Crippen LogP contribution in [0.2, 0.25) is 0 Å². The van der Waals surface area contributed by atoms with E-state index in [1.54, 1.807) is 24.0 Å². The molecule has 2 atom stereocenters. The quantitative estimate of drug-likeness (QED) is 0.555. The lowest BCUT2D eigenvalue weighted by atomic mass is 9.98. The first-order valence-electron chi connectivity index (χ1n) is 10.5. The van der Waals surface area contributed by atoms with Crippen molar-refractivity contribution in [2.75, 3.05) is 16.0 Å². The highest BCUT2D eigenvalue weighted by molar-refractivity contribution is 8.00. The summed E-state index contributed by atoms with van der Waals surface area (Å²) in [7, 11) is 0. The second kappa shape index (κ2) is 10.1. The number of carbonyl (C=O) groups is 2. The minimum Gasteiger partial charge on any atom is -0.326 e. The lowest BCUT2D eigenvalue weighted by molar-refractivity contribution is -0.120. The molecule has 0 unspecified atom stereocenters. The molecule has 0 aromatic heterocycles. The number of nitrogens with zero attached hydrogens (tertiary/aromatic N) is 1. The lowest BCUT2D eigenvalue weighted by Crippen LogP contribution is -2.28. The van der Waals surface area contributed by atoms with E-state index in [9.17, 15) is 14.0 Å². The van der Waals surface area contributed by atoms with E-state index in [0.29, 0.717) is 17.0 Å². The average Bonchev–Trinajstić information content (AvgIpc) is 3.12. The second-order valence-corrected chi connectivity index (χ2v) is 8.79. The van der Waals surface area contributed by atoms with Crippen molar-refractivity contribution in [3.8, 4) is 0 Å². The Kier molecular flexibility index (Phi) is 7.53. The molecule has 4 nitrogen and oxygen atoms in total. The molecule has 6 heteroatoms. The molecule has 2 aromatic carbocycles. The van der Waals surface area contributed by atoms with Gasteiger partial charge in [-0.3, -0.25) is 14.5 Å². The highest BCUT2D eigenvalue weighted by atomic mass is 32.2. The van der Waals surface area contributed by atoms with Gasteiger partial charge in [-0.25, -0.2) is 4.39 Å². The van der Waals surface area contributed by atoms with Gasteiger partial charge in [0.1, 0.15) is 11.2 Å². The molecule has 0 saturated carbocycles. The smallest absolute Gasteiger partial charge is 0.238 e. The summed E-state index contributed by atoms with van der Waals surface area (Å²) in [4.78, 5) is 26.7. The summed E-state index contributed by atoms with van der Waals surface area (Å²) in [5.41, 5.74) is 2.82. The van der Waals surface area contributed by atoms with E-state index >= 15 is 0 Å². The van der Waals surface area contributed by atoms with E-state index in [-0.39, 0.29) is 28.9 Å². The molecule has 2 amide bonds. The molecule has 1 fully saturated rings. The maximum atomic E-state index is 14.1. The summed E-state index contributed by atoms with van der Waals surface area (Å²) in [6, 6.07) is 12.5. The number of hydrogen-bond acceptors (Lipinski definition) is 3. The first kappa shape index (κ1) is 22.3. The number of amides is 2. The van der Waals surface area contributed by atoms with Crippen LogP contribution in [0.5, 0.6) is 0 Å². The van der Waals surface area contributed by atoms with Gasteiger partial charge in [0.2, 0.25) is 11.8 Å². The van der Waals surface area contributed by atoms with Crippen molar-refractivity contribution >= 4 is 35.0 Å². The molecule has 0 aliphatic carbocycles. The number of hydrogen-bond donors (Lipinski definition) is 1. The highest BCUT2D eigenvalue weighted by Crippen LogP contribution is 2.42. The van der Waals surface area contributed by atoms with E-state index in [1.807, 2.05) is 31.2 Å². The van der Waals surface area contributed by atoms with Crippen molar-refractivity contribution in [1.82, 2.24) is 0 Å². The van der Waals surface area contributed by atoms with Crippen molar-refractivity contribution in [3.63, 3.8) is 0 Å². The zero-order valence-corrected chi connectivity index (χ0v) is 18.6. The van der Waals surface area contributed by atoms with Crippen molar-refractivity contribution < 1.29 is 14.0 Å². The maximum Gasteiger partial charge on any atom is 0.238 e. The summed E-state index contributed by atoms with van der Waals surface area (Å²) in [6.45, 7) is 5.87. The number of thioether (sulfide) groups is 1. The predicted molar refractivity (Wildman–Crippen MR) is 122 cm³/mol. The van der Waals surface area contributed by atoms with Gasteiger partial charge >= 0.3 is 0 Å². The summed E-state index contributed by atoms with van der Waals surface area (Å²) < 4.78 is 14.1. The van der Waals surface area contributed by atoms with Crippen LogP contribution in [0.3, 0.4) is 0 Å². The Morgan fingerprint density at radius 1 is 1.23 bits per heavy atom. The van der Waals surface area contributed by atoms with Gasteiger partial charge in [0.15, 0.2) is 0 Å². The SMILES string of the molecule is CCCC[C@@H](CC)C(=O)Nc1ccc([C@H]2SCC(=O)N2c2ccc(C)c(F)c2)cc1. The summed E-state index contributed by atoms with van der Waals surface area (Å²) in [5, 5.41) is 2.80. The third kappa shape index (κ3) is 5.04. The summed E-state index contributed by atoms with van der Waals surface area (Å²) in [5.74, 6) is 0.0872. The number of anilines is 2. The topological polar surface area (TPSA) is 49.4 Å². The molecule has 1 heterocycles. The third-order valence-electron chi connectivity index (χ3n) is 5.53. The molecule has 1 aliphatic heterocycles. The van der Waals surface area contributed by atoms with Crippen LogP contribution in [0.15, 0.2) is 42.5 Å². The lowest BCUT2D eigenvalue weighted by Gasteiger charge is -2.25. The molecule has 160 valence electrons. The van der Waals surface area contributed by atoms with E-state index in [1.165, 1.54) is 17.8 Å². The molecule has 3 rings (SSSR count). The Bertz CT molecular complexity index is 901. The summed E-state index contributed by atoms with van der Waals surface area (Å²) >= 11 is 1.52. The van der Waals surface area contributed by atoms with Crippen molar-refractivity contribution in [2.45, 2.75) is 51.8 Å². The number of nitrogens with one attached hydrogen (secondary N) is 1. The first-order chi connectivity index (χ1) is 14.4. The number of unbranched alkanes of at least 4 members (excludes halogenated alkanes) is 1. The Morgan fingerprint density at radius 3 is 2.60 bits per heavy atom. The van der Waals surface area contributed by atoms with Crippen LogP contribution in [0, 0.1) is 18.7 Å². The second-order valence-electron chi connectivity index (χ2n) is 7.72. The van der Waals surface area contributed by atoms with Crippen LogP contribution in [0.4, 0.5) is 15.8 Å². The van der Waals surface area contributed by atoms with Crippen LogP contribution in [-0.4, -0.2) is 17.6 Å². The van der Waals surface area contributed by atoms with E-state index in [0.717, 1.165) is 36.9 Å². The van der Waals surface area contributed by atoms with Gasteiger partial charge in [-0.1, -0.05) is 44.9 Å². The molecule has 1 saturated heterocycles. The molecule has 2 aromatic rings. The molecule has 1 N–H and O–H groups in total. The van der Waals surface area contributed by atoms with Crippen LogP contribution in [-0.2, 0) is 9.59 Å². The number of carbonyl (C=O) groups excluding carboxylic acids is 2. The molecule has 0 radical (unpaired) electrons. The largest absolute Gasteiger partial charge is 0.326 e. The molecule has 30 heavy (non-hydrogen) atoms. The zero-order chi connectivity index (χ0) is 21.7. The molecule has 0 spiro atoms. The highest BCUT2D eigenvalue weighted by Gasteiger charge is 2.34. The van der Waals surface area contributed by atoms with Crippen LogP contribution < -0.4 is 10.2 Å². The Hall–Kier alpha value is -2.34. The Balaban J connectivity index is 1.73. The number of rotatable bonds is 8. The van der Waals surface area contributed by atoms with Gasteiger partial charge in [-0.15, -0.1) is 11.8 Å². The monoisotopic (exact) mass is 428 g/mol. The fourth-order valence-corrected chi connectivity index (χ4v) is 4.81. The molecular weight excluding hydrogens is 399 g/mol. The number of halogens is 1. The minimum atomic E-state index is -0.317. The number of benzene rings is 2. The predicted octanol–water partition coefficient (Wildman–Crippen LogP) is 6.07. The maximum absolute atomic E-state index is 14.1. The van der Waals surface area contributed by atoms with E-state index < -0.39 is 0 Å². The van der Waals surface area contributed by atoms with Gasteiger partial charge < -0.3 is 5.32 Å². The number of aryl methyl sites for hydroxylation is 1. The Labute approximate surface area is 182 Å². The van der Waals surface area contributed by atoms with Gasteiger partial charge in [0, 0.05) is 17.3 Å². The fraction of sp³-hybridized carbons (Fsp3) is 0.417. The van der Waals surface area contributed by atoms with E-state index in [2.05, 4.69) is 12.2 Å². The molecule has 1 aliphatic rings. The van der Waals surface area contributed by atoms with E-state index in [4.69, 9.17) is 0 Å². The fourth-order valence-electron chi connectivity index (χ4n) is 3.63. The standard InChI is InChI=1S/C24H29FN2O2S/c1-4-6-7-17(5-2)23(29)26-19-11-9-18(10-12-19)24-27(22(28)15-30-24)20-13-8-16(3)21(25)14-20/h8-14,17,24H,4-7,15H2,1-3H3,(H,26,29)/t17-,24-/m1/s1. The van der Waals surface area contributed by atoms with Crippen LogP contribution in [0.25, 0.3) is 0 Å². The normalized spacial score (nSPS) is 17.3. The molecule has 0 bridgehead atoms. The van der Waals surface area contributed by atoms with Gasteiger partial charge in [-0.2, -0.15) is 0 Å².